The van der Waals surface area contributed by atoms with Gasteiger partial charge in [-0.1, -0.05) is 5.22 Å². The van der Waals surface area contributed by atoms with Crippen molar-refractivity contribution in [1.82, 2.24) is 15.2 Å². The van der Waals surface area contributed by atoms with Gasteiger partial charge >= 0.3 is 0 Å². The summed E-state index contributed by atoms with van der Waals surface area (Å²) in [7, 11) is 0. The van der Waals surface area contributed by atoms with E-state index in [0.29, 0.717) is 17.9 Å². The zero-order valence-electron chi connectivity index (χ0n) is 10.0. The molecule has 0 aliphatic rings. The monoisotopic (exact) mass is 209 g/mol. The first-order valence-corrected chi connectivity index (χ1v) is 5.22. The lowest BCUT2D eigenvalue weighted by atomic mass is 10.3. The summed E-state index contributed by atoms with van der Waals surface area (Å²) in [6.07, 6.45) is 0. The quantitative estimate of drug-likeness (QED) is 0.612. The molecule has 0 aliphatic carbocycles. The van der Waals surface area contributed by atoms with Gasteiger partial charge in [-0.15, -0.1) is 5.11 Å². The molecule has 0 radical (unpaired) electrons. The summed E-state index contributed by atoms with van der Waals surface area (Å²) in [5.41, 5.74) is 0.990. The van der Waals surface area contributed by atoms with Crippen molar-refractivity contribution >= 4 is 5.82 Å². The minimum Gasteiger partial charge on any atom is -0.281 e. The third-order valence-electron chi connectivity index (χ3n) is 2.00. The lowest BCUT2D eigenvalue weighted by molar-refractivity contribution is 0.169. The fourth-order valence-electron chi connectivity index (χ4n) is 1.36. The van der Waals surface area contributed by atoms with Crippen LogP contribution >= 0.6 is 0 Å². The van der Waals surface area contributed by atoms with Crippen molar-refractivity contribution in [2.24, 2.45) is 10.3 Å². The van der Waals surface area contributed by atoms with Crippen molar-refractivity contribution in [1.29, 1.82) is 0 Å². The Morgan fingerprint density at radius 3 is 2.27 bits per heavy atom. The van der Waals surface area contributed by atoms with Crippen LogP contribution in [0.15, 0.2) is 16.4 Å². The topological polar surface area (TPSA) is 56.6 Å². The third kappa shape index (κ3) is 3.34. The molecule has 0 saturated carbocycles. The maximum Gasteiger partial charge on any atom is 0.197 e. The molecule has 1 heterocycles. The number of rotatable bonds is 4. The van der Waals surface area contributed by atoms with Crippen molar-refractivity contribution in [2.45, 2.75) is 46.7 Å². The smallest absolute Gasteiger partial charge is 0.197 e. The van der Waals surface area contributed by atoms with Gasteiger partial charge in [0.05, 0.1) is 0 Å². The lowest BCUT2D eigenvalue weighted by Gasteiger charge is -2.25. The van der Waals surface area contributed by atoms with Crippen LogP contribution in [-0.2, 0) is 0 Å². The summed E-state index contributed by atoms with van der Waals surface area (Å²) in [6, 6.07) is 2.55. The Labute approximate surface area is 90.6 Å². The molecule has 5 heteroatoms. The van der Waals surface area contributed by atoms with Crippen molar-refractivity contribution in [3.05, 3.63) is 11.8 Å². The van der Waals surface area contributed by atoms with E-state index < -0.39 is 0 Å². The van der Waals surface area contributed by atoms with Gasteiger partial charge in [0.1, 0.15) is 0 Å². The summed E-state index contributed by atoms with van der Waals surface area (Å²) in [6.45, 7) is 10.3. The second-order valence-electron chi connectivity index (χ2n) is 4.17. The van der Waals surface area contributed by atoms with E-state index in [1.54, 1.807) is 0 Å². The Balaban J connectivity index is 2.69. The number of hydrogen-bond donors (Lipinski definition) is 1. The molecular weight excluding hydrogens is 190 g/mol. The Kier molecular flexibility index (Phi) is 3.82. The van der Waals surface area contributed by atoms with Gasteiger partial charge in [-0.25, -0.2) is 0 Å². The van der Waals surface area contributed by atoms with E-state index in [9.17, 15) is 0 Å². The molecule has 0 fully saturated rings. The van der Waals surface area contributed by atoms with E-state index in [2.05, 4.69) is 48.2 Å². The predicted octanol–water partition coefficient (Wildman–Crippen LogP) is 2.84. The number of nitrogens with one attached hydrogen (secondary N) is 1. The van der Waals surface area contributed by atoms with Crippen molar-refractivity contribution in [2.75, 3.05) is 0 Å². The molecule has 0 amide bonds. The molecule has 0 atom stereocenters. The number of aromatic nitrogens is 2. The summed E-state index contributed by atoms with van der Waals surface area (Å²) < 4.78 is 0. The molecule has 0 aliphatic heterocycles. The van der Waals surface area contributed by atoms with Crippen molar-refractivity contribution in [3.8, 4) is 0 Å². The highest BCUT2D eigenvalue weighted by molar-refractivity contribution is 5.25. The number of aryl methyl sites for hydroxylation is 1. The van der Waals surface area contributed by atoms with Crippen LogP contribution in [0.2, 0.25) is 0 Å². The van der Waals surface area contributed by atoms with Gasteiger partial charge in [0, 0.05) is 23.8 Å². The van der Waals surface area contributed by atoms with Crippen LogP contribution in [0.5, 0.6) is 0 Å². The summed E-state index contributed by atoms with van der Waals surface area (Å²) >= 11 is 0. The van der Waals surface area contributed by atoms with Gasteiger partial charge in [-0.3, -0.25) is 10.1 Å². The number of aromatic amines is 1. The Bertz CT molecular complexity index is 318. The zero-order chi connectivity index (χ0) is 11.4. The van der Waals surface area contributed by atoms with Crippen LogP contribution in [-0.4, -0.2) is 27.3 Å². The SMILES string of the molecule is Cc1cc(N=NN(C(C)C)C(C)C)n[nH]1. The fraction of sp³-hybridized carbons (Fsp3) is 0.700. The van der Waals surface area contributed by atoms with Crippen LogP contribution < -0.4 is 0 Å². The standard InChI is InChI=1S/C10H19N5/c1-7(2)15(8(3)4)14-13-10-6-9(5)11-12-10/h6-8H,1-5H3,(H,11,12). The summed E-state index contributed by atoms with van der Waals surface area (Å²) in [5, 5.41) is 17.0. The Hall–Kier alpha value is -1.39. The van der Waals surface area contributed by atoms with Gasteiger partial charge < -0.3 is 0 Å². The third-order valence-corrected chi connectivity index (χ3v) is 2.00. The van der Waals surface area contributed by atoms with E-state index in [0.717, 1.165) is 5.69 Å². The molecule has 1 aromatic heterocycles. The Morgan fingerprint density at radius 2 is 1.87 bits per heavy atom. The molecule has 0 bridgehead atoms. The minimum atomic E-state index is 0.341. The highest BCUT2D eigenvalue weighted by Crippen LogP contribution is 2.12. The molecule has 0 aromatic carbocycles. The molecule has 1 rings (SSSR count). The van der Waals surface area contributed by atoms with Crippen LogP contribution in [0, 0.1) is 6.92 Å². The molecule has 5 nitrogen and oxygen atoms in total. The van der Waals surface area contributed by atoms with Crippen molar-refractivity contribution < 1.29 is 0 Å². The van der Waals surface area contributed by atoms with E-state index in [1.807, 2.05) is 18.0 Å². The van der Waals surface area contributed by atoms with Gasteiger partial charge in [-0.2, -0.15) is 5.10 Å². The van der Waals surface area contributed by atoms with E-state index in [-0.39, 0.29) is 0 Å². The molecule has 1 aromatic rings. The minimum absolute atomic E-state index is 0.341. The van der Waals surface area contributed by atoms with Gasteiger partial charge in [0.2, 0.25) is 0 Å². The second-order valence-corrected chi connectivity index (χ2v) is 4.17. The molecule has 1 N–H and O–H groups in total. The number of hydrogen-bond acceptors (Lipinski definition) is 3. The molecule has 84 valence electrons. The average Bonchev–Trinajstić information content (AvgIpc) is 2.50. The Morgan fingerprint density at radius 1 is 1.27 bits per heavy atom. The number of H-pyrrole nitrogens is 1. The summed E-state index contributed by atoms with van der Waals surface area (Å²) in [5.74, 6) is 0.624. The molecule has 0 spiro atoms. The highest BCUT2D eigenvalue weighted by Gasteiger charge is 2.10. The highest BCUT2D eigenvalue weighted by atomic mass is 15.6. The van der Waals surface area contributed by atoms with Gasteiger partial charge in [-0.05, 0) is 34.6 Å². The van der Waals surface area contributed by atoms with Crippen LogP contribution in [0.1, 0.15) is 33.4 Å². The van der Waals surface area contributed by atoms with E-state index >= 15 is 0 Å². The fourth-order valence-corrected chi connectivity index (χ4v) is 1.36. The van der Waals surface area contributed by atoms with Gasteiger partial charge in [0.25, 0.3) is 0 Å². The number of nitrogens with zero attached hydrogens (tertiary/aromatic N) is 4. The maximum absolute atomic E-state index is 4.18. The van der Waals surface area contributed by atoms with Crippen molar-refractivity contribution in [3.63, 3.8) is 0 Å². The second kappa shape index (κ2) is 4.91. The van der Waals surface area contributed by atoms with E-state index in [1.165, 1.54) is 0 Å². The zero-order valence-corrected chi connectivity index (χ0v) is 10.0. The largest absolute Gasteiger partial charge is 0.281 e. The predicted molar refractivity (Wildman–Crippen MR) is 60.0 cm³/mol. The normalized spacial score (nSPS) is 11.9. The van der Waals surface area contributed by atoms with Crippen LogP contribution in [0.25, 0.3) is 0 Å². The first kappa shape index (κ1) is 11.7. The first-order valence-electron chi connectivity index (χ1n) is 5.22. The maximum atomic E-state index is 4.18. The first-order chi connectivity index (χ1) is 7.00. The van der Waals surface area contributed by atoms with Crippen LogP contribution in [0.4, 0.5) is 5.82 Å². The average molecular weight is 209 g/mol. The molecular formula is C10H19N5. The van der Waals surface area contributed by atoms with E-state index in [4.69, 9.17) is 0 Å². The molecule has 15 heavy (non-hydrogen) atoms. The van der Waals surface area contributed by atoms with Crippen LogP contribution in [0.3, 0.4) is 0 Å². The molecule has 0 saturated heterocycles. The lowest BCUT2D eigenvalue weighted by Crippen LogP contribution is -2.31. The summed E-state index contributed by atoms with van der Waals surface area (Å²) in [4.78, 5) is 0. The molecule has 0 unspecified atom stereocenters. The van der Waals surface area contributed by atoms with Gasteiger partial charge in [0.15, 0.2) is 5.82 Å².